The molecule has 2 N–H and O–H groups in total. The van der Waals surface area contributed by atoms with Crippen LogP contribution in [0.25, 0.3) is 0 Å². The highest BCUT2D eigenvalue weighted by Gasteiger charge is 2.08. The Morgan fingerprint density at radius 3 is 2.56 bits per heavy atom. The molecule has 0 saturated heterocycles. The summed E-state index contributed by atoms with van der Waals surface area (Å²) in [5.41, 5.74) is 5.90. The summed E-state index contributed by atoms with van der Waals surface area (Å²) in [7, 11) is 0. The number of hydrogen-bond acceptors (Lipinski definition) is 4. The largest absolute Gasteiger partial charge is 0.330 e. The smallest absolute Gasteiger partial charge is 0.155 e. The number of benzene rings is 1. The summed E-state index contributed by atoms with van der Waals surface area (Å²) in [5, 5.41) is 11.2. The number of rotatable bonds is 5. The highest BCUT2D eigenvalue weighted by molar-refractivity contribution is 5.21. The van der Waals surface area contributed by atoms with Crippen LogP contribution in [0.2, 0.25) is 0 Å². The first-order chi connectivity index (χ1) is 8.69. The third-order valence-corrected chi connectivity index (χ3v) is 2.46. The summed E-state index contributed by atoms with van der Waals surface area (Å²) in [5.74, 6) is -0.648. The molecule has 96 valence electrons. The van der Waals surface area contributed by atoms with Crippen molar-refractivity contribution in [1.29, 1.82) is 0 Å². The number of halogens is 2. The van der Waals surface area contributed by atoms with E-state index in [1.54, 1.807) is 4.68 Å². The maximum Gasteiger partial charge on any atom is 0.155 e. The van der Waals surface area contributed by atoms with Crippen molar-refractivity contribution < 1.29 is 8.78 Å². The van der Waals surface area contributed by atoms with E-state index in [9.17, 15) is 8.78 Å². The molecule has 0 aliphatic rings. The van der Waals surface area contributed by atoms with Gasteiger partial charge in [-0.15, -0.1) is 5.10 Å². The fourth-order valence-corrected chi connectivity index (χ4v) is 1.66. The third kappa shape index (κ3) is 3.07. The number of aryl methyl sites for hydroxylation is 1. The molecule has 7 heteroatoms. The van der Waals surface area contributed by atoms with Crippen LogP contribution in [0.4, 0.5) is 8.78 Å². The van der Waals surface area contributed by atoms with Crippen LogP contribution < -0.4 is 5.73 Å². The van der Waals surface area contributed by atoms with Crippen molar-refractivity contribution in [1.82, 2.24) is 20.2 Å². The van der Waals surface area contributed by atoms with Gasteiger partial charge in [0.25, 0.3) is 0 Å². The van der Waals surface area contributed by atoms with Crippen molar-refractivity contribution in [3.8, 4) is 0 Å². The third-order valence-electron chi connectivity index (χ3n) is 2.46. The van der Waals surface area contributed by atoms with Crippen LogP contribution in [-0.4, -0.2) is 26.8 Å². The van der Waals surface area contributed by atoms with E-state index in [-0.39, 0.29) is 6.42 Å². The molecule has 1 aromatic heterocycles. The lowest BCUT2D eigenvalue weighted by Crippen LogP contribution is -2.10. The van der Waals surface area contributed by atoms with Gasteiger partial charge in [0.15, 0.2) is 5.82 Å². The van der Waals surface area contributed by atoms with Crippen molar-refractivity contribution in [3.05, 3.63) is 41.2 Å². The summed E-state index contributed by atoms with van der Waals surface area (Å²) < 4.78 is 27.7. The average molecular weight is 253 g/mol. The monoisotopic (exact) mass is 253 g/mol. The van der Waals surface area contributed by atoms with Crippen molar-refractivity contribution >= 4 is 0 Å². The normalized spacial score (nSPS) is 10.8. The first-order valence-corrected chi connectivity index (χ1v) is 5.59. The number of nitrogens with zero attached hydrogens (tertiary/aromatic N) is 4. The molecule has 5 nitrogen and oxygen atoms in total. The van der Waals surface area contributed by atoms with E-state index in [0.717, 1.165) is 12.5 Å². The molecule has 2 aromatic rings. The molecule has 0 bridgehead atoms. The Morgan fingerprint density at radius 1 is 1.17 bits per heavy atom. The van der Waals surface area contributed by atoms with Gasteiger partial charge in [-0.1, -0.05) is 0 Å². The van der Waals surface area contributed by atoms with Gasteiger partial charge in [-0.05, 0) is 41.1 Å². The second-order valence-electron chi connectivity index (χ2n) is 3.91. The molecular weight excluding hydrogens is 240 g/mol. The van der Waals surface area contributed by atoms with Crippen LogP contribution in [0, 0.1) is 11.6 Å². The van der Waals surface area contributed by atoms with Crippen LogP contribution in [-0.2, 0) is 13.0 Å². The average Bonchev–Trinajstić information content (AvgIpc) is 2.72. The molecule has 0 amide bonds. The fraction of sp³-hybridized carbons (Fsp3) is 0.364. The molecule has 0 aliphatic heterocycles. The molecule has 0 fully saturated rings. The van der Waals surface area contributed by atoms with Gasteiger partial charge >= 0.3 is 0 Å². The maximum absolute atomic E-state index is 13.0. The van der Waals surface area contributed by atoms with Crippen LogP contribution in [0.5, 0.6) is 0 Å². The number of hydrogen-bond donors (Lipinski definition) is 1. The molecule has 0 aliphatic carbocycles. The Balaban J connectivity index is 2.15. The van der Waals surface area contributed by atoms with Gasteiger partial charge in [0, 0.05) is 19.0 Å². The molecule has 2 rings (SSSR count). The van der Waals surface area contributed by atoms with Gasteiger partial charge in [-0.25, -0.2) is 13.5 Å². The van der Waals surface area contributed by atoms with Crippen LogP contribution >= 0.6 is 0 Å². The van der Waals surface area contributed by atoms with Crippen LogP contribution in [0.3, 0.4) is 0 Å². The standard InChI is InChI=1S/C11H13F2N5/c12-9-4-8(5-10(13)7-9)6-11-15-16-17-18(11)3-1-2-14/h4-5,7H,1-3,6,14H2. The van der Waals surface area contributed by atoms with Gasteiger partial charge < -0.3 is 5.73 Å². The molecule has 0 spiro atoms. The van der Waals surface area contributed by atoms with Crippen molar-refractivity contribution in [2.75, 3.05) is 6.54 Å². The highest BCUT2D eigenvalue weighted by atomic mass is 19.1. The quantitative estimate of drug-likeness (QED) is 0.859. The Morgan fingerprint density at radius 2 is 1.89 bits per heavy atom. The first kappa shape index (κ1) is 12.6. The lowest BCUT2D eigenvalue weighted by molar-refractivity contribution is 0.545. The zero-order valence-corrected chi connectivity index (χ0v) is 9.68. The van der Waals surface area contributed by atoms with Crippen molar-refractivity contribution in [2.45, 2.75) is 19.4 Å². The fourth-order valence-electron chi connectivity index (χ4n) is 1.66. The lowest BCUT2D eigenvalue weighted by atomic mass is 10.1. The zero-order valence-electron chi connectivity index (χ0n) is 9.68. The van der Waals surface area contributed by atoms with Gasteiger partial charge in [0.05, 0.1) is 0 Å². The molecule has 18 heavy (non-hydrogen) atoms. The Bertz CT molecular complexity index is 506. The molecule has 1 heterocycles. The molecule has 0 saturated carbocycles. The SMILES string of the molecule is NCCCn1nnnc1Cc1cc(F)cc(F)c1. The Hall–Kier alpha value is -1.89. The topological polar surface area (TPSA) is 69.6 Å². The maximum atomic E-state index is 13.0. The van der Waals surface area contributed by atoms with Gasteiger partial charge in [-0.2, -0.15) is 0 Å². The number of nitrogens with two attached hydrogens (primary N) is 1. The first-order valence-electron chi connectivity index (χ1n) is 5.59. The minimum absolute atomic E-state index is 0.284. The Labute approximate surface area is 103 Å². The number of tetrazole rings is 1. The Kier molecular flexibility index (Phi) is 3.93. The molecule has 0 unspecified atom stereocenters. The minimum atomic E-state index is -0.606. The van der Waals surface area contributed by atoms with E-state index in [1.807, 2.05) is 0 Å². The van der Waals surface area contributed by atoms with E-state index in [1.165, 1.54) is 12.1 Å². The summed E-state index contributed by atoms with van der Waals surface area (Å²) in [4.78, 5) is 0. The summed E-state index contributed by atoms with van der Waals surface area (Å²) in [6.45, 7) is 1.13. The van der Waals surface area contributed by atoms with E-state index in [2.05, 4.69) is 15.5 Å². The van der Waals surface area contributed by atoms with Gasteiger partial charge in [0.1, 0.15) is 11.6 Å². The van der Waals surface area contributed by atoms with E-state index in [0.29, 0.717) is 24.5 Å². The van der Waals surface area contributed by atoms with Crippen molar-refractivity contribution in [2.24, 2.45) is 5.73 Å². The van der Waals surface area contributed by atoms with E-state index in [4.69, 9.17) is 5.73 Å². The van der Waals surface area contributed by atoms with Crippen molar-refractivity contribution in [3.63, 3.8) is 0 Å². The summed E-state index contributed by atoms with van der Waals surface area (Å²) in [6, 6.07) is 3.37. The van der Waals surface area contributed by atoms with E-state index < -0.39 is 11.6 Å². The minimum Gasteiger partial charge on any atom is -0.330 e. The van der Waals surface area contributed by atoms with Crippen LogP contribution in [0.15, 0.2) is 18.2 Å². The van der Waals surface area contributed by atoms with Crippen LogP contribution in [0.1, 0.15) is 17.8 Å². The zero-order chi connectivity index (χ0) is 13.0. The predicted molar refractivity (Wildman–Crippen MR) is 60.7 cm³/mol. The highest BCUT2D eigenvalue weighted by Crippen LogP contribution is 2.11. The van der Waals surface area contributed by atoms with E-state index >= 15 is 0 Å². The summed E-state index contributed by atoms with van der Waals surface area (Å²) >= 11 is 0. The summed E-state index contributed by atoms with van der Waals surface area (Å²) in [6.07, 6.45) is 1.03. The molecule has 0 atom stereocenters. The second-order valence-corrected chi connectivity index (χ2v) is 3.91. The lowest BCUT2D eigenvalue weighted by Gasteiger charge is -2.04. The second kappa shape index (κ2) is 5.63. The predicted octanol–water partition coefficient (Wildman–Crippen LogP) is 0.891. The molecular formula is C11H13F2N5. The number of aromatic nitrogens is 4. The van der Waals surface area contributed by atoms with Gasteiger partial charge in [0.2, 0.25) is 0 Å². The molecule has 0 radical (unpaired) electrons. The van der Waals surface area contributed by atoms with Gasteiger partial charge in [-0.3, -0.25) is 0 Å². The molecule has 1 aromatic carbocycles.